The lowest BCUT2D eigenvalue weighted by Crippen LogP contribution is -2.56. The van der Waals surface area contributed by atoms with Gasteiger partial charge < -0.3 is 15.8 Å². The Labute approximate surface area is 115 Å². The van der Waals surface area contributed by atoms with Crippen molar-refractivity contribution in [3.05, 3.63) is 24.3 Å². The van der Waals surface area contributed by atoms with Crippen LogP contribution in [0.1, 0.15) is 19.3 Å². The maximum absolute atomic E-state index is 12.0. The first-order valence-electron chi connectivity index (χ1n) is 5.65. The number of anilines is 1. The Morgan fingerprint density at radius 3 is 2.63 bits per heavy atom. The molecule has 0 spiro atoms. The Morgan fingerprint density at radius 2 is 2.11 bits per heavy atom. The van der Waals surface area contributed by atoms with Crippen molar-refractivity contribution in [2.24, 2.45) is 5.73 Å². The van der Waals surface area contributed by atoms with E-state index in [0.717, 1.165) is 6.42 Å². The lowest BCUT2D eigenvalue weighted by Gasteiger charge is -2.36. The molecular weight excluding hydrogens is 278 g/mol. The van der Waals surface area contributed by atoms with Crippen LogP contribution in [0.3, 0.4) is 0 Å². The second kappa shape index (κ2) is 6.16. The van der Waals surface area contributed by atoms with Crippen molar-refractivity contribution < 1.29 is 18.3 Å². The summed E-state index contributed by atoms with van der Waals surface area (Å²) in [7, 11) is 0. The number of carbonyl (C=O) groups is 1. The molecule has 7 heteroatoms. The number of amides is 1. The summed E-state index contributed by atoms with van der Waals surface area (Å²) in [6.07, 6.45) is 2.22. The number of hydrogen-bond acceptors (Lipinski definition) is 3. The van der Waals surface area contributed by atoms with E-state index in [1.807, 2.05) is 0 Å². The summed E-state index contributed by atoms with van der Waals surface area (Å²) in [6.45, 7) is -2.89. The van der Waals surface area contributed by atoms with E-state index in [-0.39, 0.29) is 24.1 Å². The summed E-state index contributed by atoms with van der Waals surface area (Å²) in [6, 6.07) is 5.85. The van der Waals surface area contributed by atoms with Gasteiger partial charge in [-0.2, -0.15) is 8.78 Å². The Morgan fingerprint density at radius 1 is 1.42 bits per heavy atom. The van der Waals surface area contributed by atoms with Crippen LogP contribution >= 0.6 is 12.4 Å². The van der Waals surface area contributed by atoms with Gasteiger partial charge in [-0.25, -0.2) is 0 Å². The smallest absolute Gasteiger partial charge is 0.387 e. The van der Waals surface area contributed by atoms with Gasteiger partial charge in [-0.3, -0.25) is 4.79 Å². The Balaban J connectivity index is 0.00000180. The molecule has 1 aliphatic carbocycles. The molecule has 0 aliphatic heterocycles. The third kappa shape index (κ3) is 3.78. The van der Waals surface area contributed by atoms with Gasteiger partial charge >= 0.3 is 6.61 Å². The molecule has 2 rings (SSSR count). The van der Waals surface area contributed by atoms with Crippen molar-refractivity contribution >= 4 is 24.0 Å². The lowest BCUT2D eigenvalue weighted by atomic mass is 9.77. The summed E-state index contributed by atoms with van der Waals surface area (Å²) >= 11 is 0. The molecule has 1 aromatic carbocycles. The standard InChI is InChI=1S/C12H14F2N2O2.ClH/c13-11(14)18-9-4-1-3-8(7-9)16-10(17)12(15)5-2-6-12;/h1,3-4,7,11H,2,5-6,15H2,(H,16,17);1H. The monoisotopic (exact) mass is 292 g/mol. The Hall–Kier alpha value is -1.40. The average Bonchev–Trinajstić information content (AvgIpc) is 2.25. The van der Waals surface area contributed by atoms with Crippen molar-refractivity contribution in [2.75, 3.05) is 5.32 Å². The summed E-state index contributed by atoms with van der Waals surface area (Å²) in [5.74, 6) is -0.287. The van der Waals surface area contributed by atoms with Crippen LogP contribution in [-0.2, 0) is 4.79 Å². The molecule has 106 valence electrons. The van der Waals surface area contributed by atoms with E-state index in [9.17, 15) is 13.6 Å². The first kappa shape index (κ1) is 15.7. The largest absolute Gasteiger partial charge is 0.435 e. The summed E-state index contributed by atoms with van der Waals surface area (Å²) < 4.78 is 28.3. The van der Waals surface area contributed by atoms with E-state index < -0.39 is 12.2 Å². The highest BCUT2D eigenvalue weighted by Gasteiger charge is 2.40. The topological polar surface area (TPSA) is 64.4 Å². The Kier molecular flexibility index (Phi) is 5.08. The fourth-order valence-electron chi connectivity index (χ4n) is 1.79. The normalized spacial score (nSPS) is 16.2. The molecule has 0 radical (unpaired) electrons. The van der Waals surface area contributed by atoms with E-state index in [4.69, 9.17) is 5.73 Å². The van der Waals surface area contributed by atoms with Gasteiger partial charge in [0.25, 0.3) is 0 Å². The molecule has 1 fully saturated rings. The van der Waals surface area contributed by atoms with Crippen molar-refractivity contribution in [3.63, 3.8) is 0 Å². The number of nitrogens with one attached hydrogen (secondary N) is 1. The van der Waals surface area contributed by atoms with Gasteiger partial charge in [0.15, 0.2) is 0 Å². The first-order chi connectivity index (χ1) is 8.49. The van der Waals surface area contributed by atoms with Crippen LogP contribution in [0.2, 0.25) is 0 Å². The predicted molar refractivity (Wildman–Crippen MR) is 69.7 cm³/mol. The van der Waals surface area contributed by atoms with E-state index in [1.165, 1.54) is 18.2 Å². The zero-order valence-corrected chi connectivity index (χ0v) is 10.9. The second-order valence-electron chi connectivity index (χ2n) is 4.37. The van der Waals surface area contributed by atoms with Gasteiger partial charge in [-0.15, -0.1) is 12.4 Å². The van der Waals surface area contributed by atoms with E-state index in [1.54, 1.807) is 6.07 Å². The van der Waals surface area contributed by atoms with Gasteiger partial charge in [0, 0.05) is 11.8 Å². The van der Waals surface area contributed by atoms with Crippen LogP contribution in [0.25, 0.3) is 0 Å². The molecular formula is C12H15ClF2N2O2. The van der Waals surface area contributed by atoms with Crippen LogP contribution in [0.15, 0.2) is 24.3 Å². The third-order valence-corrected chi connectivity index (χ3v) is 3.02. The average molecular weight is 293 g/mol. The highest BCUT2D eigenvalue weighted by Crippen LogP contribution is 2.30. The van der Waals surface area contributed by atoms with E-state index in [0.29, 0.717) is 18.5 Å². The SMILES string of the molecule is Cl.NC1(C(=O)Nc2cccc(OC(F)F)c2)CCC1. The molecule has 19 heavy (non-hydrogen) atoms. The Bertz CT molecular complexity index is 453. The number of hydrogen-bond donors (Lipinski definition) is 2. The van der Waals surface area contributed by atoms with E-state index in [2.05, 4.69) is 10.1 Å². The molecule has 4 nitrogen and oxygen atoms in total. The fraction of sp³-hybridized carbons (Fsp3) is 0.417. The van der Waals surface area contributed by atoms with Crippen LogP contribution in [0.5, 0.6) is 5.75 Å². The highest BCUT2D eigenvalue weighted by molar-refractivity contribution is 5.98. The minimum atomic E-state index is -2.89. The van der Waals surface area contributed by atoms with Gasteiger partial charge in [0.2, 0.25) is 5.91 Å². The summed E-state index contributed by atoms with van der Waals surface area (Å²) in [5.41, 5.74) is 5.43. The summed E-state index contributed by atoms with van der Waals surface area (Å²) in [5, 5.41) is 2.61. The molecule has 0 unspecified atom stereocenters. The summed E-state index contributed by atoms with van der Waals surface area (Å²) in [4.78, 5) is 11.8. The number of rotatable bonds is 4. The van der Waals surface area contributed by atoms with Crippen molar-refractivity contribution in [2.45, 2.75) is 31.4 Å². The molecule has 0 aromatic heterocycles. The number of ether oxygens (including phenoxy) is 1. The molecule has 1 aromatic rings. The van der Waals surface area contributed by atoms with Crippen molar-refractivity contribution in [3.8, 4) is 5.75 Å². The second-order valence-corrected chi connectivity index (χ2v) is 4.37. The number of nitrogens with two attached hydrogens (primary N) is 1. The zero-order valence-electron chi connectivity index (χ0n) is 10.1. The number of halogens is 3. The predicted octanol–water partition coefficient (Wildman–Crippen LogP) is 2.53. The number of benzene rings is 1. The van der Waals surface area contributed by atoms with Crippen molar-refractivity contribution in [1.82, 2.24) is 0 Å². The molecule has 0 saturated heterocycles. The molecule has 3 N–H and O–H groups in total. The number of carbonyl (C=O) groups excluding carboxylic acids is 1. The van der Waals surface area contributed by atoms with Crippen LogP contribution in [0.4, 0.5) is 14.5 Å². The minimum absolute atomic E-state index is 0. The zero-order chi connectivity index (χ0) is 13.2. The molecule has 1 aliphatic rings. The molecule has 0 bridgehead atoms. The van der Waals surface area contributed by atoms with Crippen LogP contribution < -0.4 is 15.8 Å². The van der Waals surface area contributed by atoms with Crippen LogP contribution in [0, 0.1) is 0 Å². The minimum Gasteiger partial charge on any atom is -0.435 e. The van der Waals surface area contributed by atoms with Gasteiger partial charge in [0.1, 0.15) is 5.75 Å². The molecule has 1 amide bonds. The quantitative estimate of drug-likeness (QED) is 0.896. The maximum Gasteiger partial charge on any atom is 0.387 e. The van der Waals surface area contributed by atoms with Gasteiger partial charge in [0.05, 0.1) is 5.54 Å². The maximum atomic E-state index is 12.0. The lowest BCUT2D eigenvalue weighted by molar-refractivity contribution is -0.123. The fourth-order valence-corrected chi connectivity index (χ4v) is 1.79. The molecule has 0 heterocycles. The third-order valence-electron chi connectivity index (χ3n) is 3.02. The number of alkyl halides is 2. The first-order valence-corrected chi connectivity index (χ1v) is 5.65. The van der Waals surface area contributed by atoms with Gasteiger partial charge in [-0.1, -0.05) is 6.07 Å². The van der Waals surface area contributed by atoms with E-state index >= 15 is 0 Å². The van der Waals surface area contributed by atoms with Crippen LogP contribution in [-0.4, -0.2) is 18.1 Å². The molecule has 0 atom stereocenters. The van der Waals surface area contributed by atoms with Gasteiger partial charge in [-0.05, 0) is 31.4 Å². The highest BCUT2D eigenvalue weighted by atomic mass is 35.5. The van der Waals surface area contributed by atoms with Crippen molar-refractivity contribution in [1.29, 1.82) is 0 Å². The molecule has 1 saturated carbocycles.